The van der Waals surface area contributed by atoms with Gasteiger partial charge in [0.25, 0.3) is 0 Å². The van der Waals surface area contributed by atoms with E-state index in [0.29, 0.717) is 24.4 Å². The third-order valence-corrected chi connectivity index (χ3v) is 4.79. The third-order valence-electron chi connectivity index (χ3n) is 4.79. The van der Waals surface area contributed by atoms with Crippen LogP contribution in [-0.2, 0) is 11.2 Å². The van der Waals surface area contributed by atoms with Crippen LogP contribution in [0.3, 0.4) is 0 Å². The van der Waals surface area contributed by atoms with Crippen molar-refractivity contribution in [3.8, 4) is 5.75 Å². The fraction of sp³-hybridized carbons (Fsp3) is 0.556. The SMILES string of the molecule is CN(C)C1CCN(CCC(=O)c2ccc3c(c2)CC(=O)CO3)C1. The van der Waals surface area contributed by atoms with Crippen LogP contribution < -0.4 is 4.74 Å². The highest BCUT2D eigenvalue weighted by molar-refractivity contribution is 5.97. The van der Waals surface area contributed by atoms with Crippen LogP contribution in [0.4, 0.5) is 0 Å². The quantitative estimate of drug-likeness (QED) is 0.769. The number of likely N-dealkylation sites (tertiary alicyclic amines) is 1. The molecule has 5 nitrogen and oxygen atoms in total. The van der Waals surface area contributed by atoms with E-state index in [9.17, 15) is 9.59 Å². The Morgan fingerprint density at radius 2 is 2.22 bits per heavy atom. The second-order valence-electron chi connectivity index (χ2n) is 6.71. The van der Waals surface area contributed by atoms with Crippen molar-refractivity contribution in [2.24, 2.45) is 0 Å². The maximum absolute atomic E-state index is 12.4. The van der Waals surface area contributed by atoms with Gasteiger partial charge in [-0.15, -0.1) is 0 Å². The van der Waals surface area contributed by atoms with Crippen molar-refractivity contribution < 1.29 is 14.3 Å². The first-order chi connectivity index (χ1) is 11.0. The van der Waals surface area contributed by atoms with Gasteiger partial charge in [-0.25, -0.2) is 0 Å². The first kappa shape index (κ1) is 16.1. The molecule has 2 aliphatic rings. The fourth-order valence-corrected chi connectivity index (χ4v) is 3.29. The molecule has 1 aromatic carbocycles. The van der Waals surface area contributed by atoms with E-state index in [1.807, 2.05) is 18.2 Å². The largest absolute Gasteiger partial charge is 0.486 e. The van der Waals surface area contributed by atoms with Gasteiger partial charge in [-0.05, 0) is 45.3 Å². The zero-order valence-corrected chi connectivity index (χ0v) is 13.9. The molecule has 0 spiro atoms. The molecule has 3 rings (SSSR count). The van der Waals surface area contributed by atoms with Crippen molar-refractivity contribution in [2.45, 2.75) is 25.3 Å². The van der Waals surface area contributed by atoms with Crippen LogP contribution in [0.1, 0.15) is 28.8 Å². The summed E-state index contributed by atoms with van der Waals surface area (Å²) in [5.41, 5.74) is 1.52. The summed E-state index contributed by atoms with van der Waals surface area (Å²) in [4.78, 5) is 28.5. The number of fused-ring (bicyclic) bond motifs is 1. The highest BCUT2D eigenvalue weighted by atomic mass is 16.5. The van der Waals surface area contributed by atoms with Gasteiger partial charge in [-0.3, -0.25) is 9.59 Å². The molecule has 0 amide bonds. The molecule has 1 unspecified atom stereocenters. The van der Waals surface area contributed by atoms with Gasteiger partial charge in [-0.2, -0.15) is 0 Å². The second kappa shape index (κ2) is 6.81. The van der Waals surface area contributed by atoms with E-state index in [1.54, 1.807) is 0 Å². The smallest absolute Gasteiger partial charge is 0.174 e. The number of ketones is 2. The number of hydrogen-bond donors (Lipinski definition) is 0. The van der Waals surface area contributed by atoms with Gasteiger partial charge < -0.3 is 14.5 Å². The number of nitrogens with zero attached hydrogens (tertiary/aromatic N) is 2. The minimum Gasteiger partial charge on any atom is -0.486 e. The van der Waals surface area contributed by atoms with Gasteiger partial charge in [-0.1, -0.05) is 0 Å². The zero-order chi connectivity index (χ0) is 16.4. The van der Waals surface area contributed by atoms with Crippen LogP contribution >= 0.6 is 0 Å². The highest BCUT2D eigenvalue weighted by Crippen LogP contribution is 2.25. The van der Waals surface area contributed by atoms with Crippen molar-refractivity contribution in [1.82, 2.24) is 9.80 Å². The van der Waals surface area contributed by atoms with Crippen LogP contribution in [0.15, 0.2) is 18.2 Å². The summed E-state index contributed by atoms with van der Waals surface area (Å²) >= 11 is 0. The van der Waals surface area contributed by atoms with Crippen LogP contribution in [0.25, 0.3) is 0 Å². The molecule has 0 bridgehead atoms. The Morgan fingerprint density at radius 3 is 2.96 bits per heavy atom. The molecule has 2 aliphatic heterocycles. The molecule has 0 N–H and O–H groups in total. The normalized spacial score (nSPS) is 21.3. The van der Waals surface area contributed by atoms with E-state index >= 15 is 0 Å². The molecule has 1 atom stereocenters. The molecule has 23 heavy (non-hydrogen) atoms. The number of hydrogen-bond acceptors (Lipinski definition) is 5. The maximum atomic E-state index is 12.4. The van der Waals surface area contributed by atoms with Crippen molar-refractivity contribution >= 4 is 11.6 Å². The van der Waals surface area contributed by atoms with Crippen molar-refractivity contribution in [1.29, 1.82) is 0 Å². The number of rotatable bonds is 5. The van der Waals surface area contributed by atoms with Crippen LogP contribution in [0.5, 0.6) is 5.75 Å². The predicted molar refractivity (Wildman–Crippen MR) is 88.1 cm³/mol. The van der Waals surface area contributed by atoms with Gasteiger partial charge in [0.2, 0.25) is 0 Å². The van der Waals surface area contributed by atoms with Gasteiger partial charge in [0.1, 0.15) is 12.4 Å². The van der Waals surface area contributed by atoms with Crippen LogP contribution in [0, 0.1) is 0 Å². The molecule has 2 heterocycles. The fourth-order valence-electron chi connectivity index (χ4n) is 3.29. The first-order valence-electron chi connectivity index (χ1n) is 8.22. The molecule has 1 fully saturated rings. The molecule has 124 valence electrons. The monoisotopic (exact) mass is 316 g/mol. The minimum atomic E-state index is 0.0638. The number of ether oxygens (including phenoxy) is 1. The Kier molecular flexibility index (Phi) is 4.78. The number of likely N-dealkylation sites (N-methyl/N-ethyl adjacent to an activating group) is 1. The number of carbonyl (C=O) groups excluding carboxylic acids is 2. The summed E-state index contributed by atoms with van der Waals surface area (Å²) in [6, 6.07) is 6.04. The lowest BCUT2D eigenvalue weighted by molar-refractivity contribution is -0.121. The van der Waals surface area contributed by atoms with Gasteiger partial charge in [0.15, 0.2) is 11.6 Å². The van der Waals surface area contributed by atoms with Crippen molar-refractivity contribution in [3.05, 3.63) is 29.3 Å². The molecule has 0 radical (unpaired) electrons. The Bertz CT molecular complexity index is 612. The molecule has 0 saturated carbocycles. The molecular weight excluding hydrogens is 292 g/mol. The number of Topliss-reactive ketones (excluding diaryl/α,β-unsaturated/α-hetero) is 2. The van der Waals surface area contributed by atoms with E-state index in [-0.39, 0.29) is 18.2 Å². The Hall–Kier alpha value is -1.72. The van der Waals surface area contributed by atoms with E-state index in [4.69, 9.17) is 4.74 Å². The standard InChI is InChI=1S/C18H24N2O3/c1-19(2)15-5-7-20(11-15)8-6-17(22)13-3-4-18-14(9-13)10-16(21)12-23-18/h3-4,9,15H,5-8,10-12H2,1-2H3. The lowest BCUT2D eigenvalue weighted by atomic mass is 9.99. The summed E-state index contributed by atoms with van der Waals surface area (Å²) in [6.07, 6.45) is 2.06. The van der Waals surface area contributed by atoms with E-state index in [1.165, 1.54) is 6.42 Å². The van der Waals surface area contributed by atoms with Gasteiger partial charge in [0, 0.05) is 43.1 Å². The topological polar surface area (TPSA) is 49.9 Å². The van der Waals surface area contributed by atoms with Crippen LogP contribution in [-0.4, -0.2) is 67.7 Å². The summed E-state index contributed by atoms with van der Waals surface area (Å²) in [5, 5.41) is 0. The molecular formula is C18H24N2O3. The summed E-state index contributed by atoms with van der Waals surface area (Å²) in [7, 11) is 4.21. The Labute approximate surface area is 137 Å². The first-order valence-corrected chi connectivity index (χ1v) is 8.22. The maximum Gasteiger partial charge on any atom is 0.174 e. The van der Waals surface area contributed by atoms with Crippen molar-refractivity contribution in [2.75, 3.05) is 40.3 Å². The average Bonchev–Trinajstić information content (AvgIpc) is 3.01. The molecule has 0 aromatic heterocycles. The number of carbonyl (C=O) groups is 2. The highest BCUT2D eigenvalue weighted by Gasteiger charge is 2.24. The second-order valence-corrected chi connectivity index (χ2v) is 6.71. The average molecular weight is 316 g/mol. The van der Waals surface area contributed by atoms with Crippen molar-refractivity contribution in [3.63, 3.8) is 0 Å². The Balaban J connectivity index is 1.57. The lowest BCUT2D eigenvalue weighted by Gasteiger charge is -2.20. The number of benzene rings is 1. The summed E-state index contributed by atoms with van der Waals surface area (Å²) in [5.74, 6) is 0.933. The molecule has 5 heteroatoms. The minimum absolute atomic E-state index is 0.0638. The summed E-state index contributed by atoms with van der Waals surface area (Å²) in [6.45, 7) is 3.04. The predicted octanol–water partition coefficient (Wildman–Crippen LogP) is 1.40. The molecule has 1 saturated heterocycles. The Morgan fingerprint density at radius 1 is 1.39 bits per heavy atom. The zero-order valence-electron chi connectivity index (χ0n) is 13.9. The summed E-state index contributed by atoms with van der Waals surface area (Å²) < 4.78 is 5.37. The van der Waals surface area contributed by atoms with Crippen LogP contribution in [0.2, 0.25) is 0 Å². The van der Waals surface area contributed by atoms with E-state index in [2.05, 4.69) is 23.9 Å². The van der Waals surface area contributed by atoms with Gasteiger partial charge >= 0.3 is 0 Å². The molecule has 1 aromatic rings. The lowest BCUT2D eigenvalue weighted by Crippen LogP contribution is -2.32. The van der Waals surface area contributed by atoms with E-state index < -0.39 is 0 Å². The van der Waals surface area contributed by atoms with E-state index in [0.717, 1.165) is 30.9 Å². The molecule has 0 aliphatic carbocycles. The third kappa shape index (κ3) is 3.79. The van der Waals surface area contributed by atoms with Gasteiger partial charge in [0.05, 0.1) is 0 Å².